The van der Waals surface area contributed by atoms with Crippen LogP contribution in [0.25, 0.3) is 5.73 Å². The van der Waals surface area contributed by atoms with E-state index in [1.165, 1.54) is 14.0 Å². The summed E-state index contributed by atoms with van der Waals surface area (Å²) in [5.74, 6) is -0.236. The molecule has 3 nitrogen and oxygen atoms in total. The van der Waals surface area contributed by atoms with E-state index in [1.54, 1.807) is 0 Å². The summed E-state index contributed by atoms with van der Waals surface area (Å²) < 4.78 is 4.30. The van der Waals surface area contributed by atoms with Crippen molar-refractivity contribution in [3.05, 3.63) is 5.73 Å². The van der Waals surface area contributed by atoms with Gasteiger partial charge < -0.3 is 15.3 Å². The summed E-state index contributed by atoms with van der Waals surface area (Å²) in [6.45, 7) is 1.53. The van der Waals surface area contributed by atoms with Crippen LogP contribution < -0.4 is 0 Å². The fourth-order valence-corrected chi connectivity index (χ4v) is 0.177. The summed E-state index contributed by atoms with van der Waals surface area (Å²) in [6.07, 6.45) is 0. The first-order valence-corrected chi connectivity index (χ1v) is 4.81. The Morgan fingerprint density at radius 3 is 2.00 bits per heavy atom. The molecule has 0 aliphatic rings. The first kappa shape index (κ1) is 13.1. The number of methoxy groups -OCH3 is 1. The summed E-state index contributed by atoms with van der Waals surface area (Å²) in [7, 11) is 10.7. The Hall–Kier alpha value is 0.529. The molecular formula is C4H9Cl2CuNO2. The Labute approximate surface area is 74.8 Å². The van der Waals surface area contributed by atoms with E-state index in [2.05, 4.69) is 24.9 Å². The molecule has 1 unspecified atom stereocenters. The molecule has 0 saturated carbocycles. The Bertz CT molecular complexity index is 91.3. The van der Waals surface area contributed by atoms with Crippen molar-refractivity contribution in [1.29, 1.82) is 0 Å². The molecule has 1 atom stereocenters. The van der Waals surface area contributed by atoms with Crippen molar-refractivity contribution < 1.29 is 22.7 Å². The fraction of sp³-hybridized carbons (Fsp3) is 0.750. The molecule has 0 radical (unpaired) electrons. The second kappa shape index (κ2) is 9.53. The molecule has 67 valence electrons. The van der Waals surface area contributed by atoms with Crippen LogP contribution in [0.2, 0.25) is 0 Å². The Kier molecular flexibility index (Phi) is 12.5. The average Bonchev–Trinajstić information content (AvgIpc) is 1.88. The third-order valence-corrected chi connectivity index (χ3v) is 0.580. The molecule has 0 aliphatic heterocycles. The molecule has 10 heavy (non-hydrogen) atoms. The molecule has 0 aromatic heterocycles. The van der Waals surface area contributed by atoms with Crippen LogP contribution in [0.15, 0.2) is 0 Å². The summed E-state index contributed by atoms with van der Waals surface area (Å²) in [4.78, 5) is 8.44. The van der Waals surface area contributed by atoms with Crippen molar-refractivity contribution in [2.24, 2.45) is 0 Å². The van der Waals surface area contributed by atoms with Gasteiger partial charge in [0.25, 0.3) is 0 Å². The average molecular weight is 238 g/mol. The maximum absolute atomic E-state index is 8.44. The zero-order valence-corrected chi connectivity index (χ0v) is 7.94. The molecule has 0 amide bonds. The molecule has 0 saturated heterocycles. The molecule has 0 fully saturated rings. The van der Waals surface area contributed by atoms with Crippen molar-refractivity contribution in [2.45, 2.75) is 13.0 Å². The number of hydrogen-bond acceptors (Lipinski definition) is 1. The van der Waals surface area contributed by atoms with Gasteiger partial charge in [0.05, 0.1) is 0 Å². The monoisotopic (exact) mass is 236 g/mol. The van der Waals surface area contributed by atoms with E-state index in [9.17, 15) is 0 Å². The number of esters is 1. The molecule has 0 aliphatic carbocycles. The molecule has 0 heterocycles. The van der Waals surface area contributed by atoms with Gasteiger partial charge in [-0.1, -0.05) is 6.92 Å². The number of ether oxygens (including phenoxy) is 1. The van der Waals surface area contributed by atoms with E-state index in [0.29, 0.717) is 0 Å². The number of rotatable bonds is 1. The molecule has 6 heteroatoms. The number of carbonyl (C=O) groups excluding carboxylic acids is 1. The van der Waals surface area contributed by atoms with Crippen molar-refractivity contribution in [3.8, 4) is 0 Å². The van der Waals surface area contributed by atoms with Crippen LogP contribution in [0.4, 0.5) is 0 Å². The van der Waals surface area contributed by atoms with Gasteiger partial charge in [0.2, 0.25) is 0 Å². The molecule has 0 rings (SSSR count). The van der Waals surface area contributed by atoms with Crippen molar-refractivity contribution >= 4 is 26.2 Å². The summed E-state index contributed by atoms with van der Waals surface area (Å²) in [5.41, 5.74) is 6.77. The Morgan fingerprint density at radius 2 is 2.00 bits per heavy atom. The van der Waals surface area contributed by atoms with Crippen LogP contribution in [0.5, 0.6) is 0 Å². The first-order valence-electron chi connectivity index (χ1n) is 2.22. The van der Waals surface area contributed by atoms with E-state index in [0.717, 1.165) is 13.1 Å². The van der Waals surface area contributed by atoms with Crippen LogP contribution >= 0.6 is 20.2 Å². The van der Waals surface area contributed by atoms with Gasteiger partial charge in [-0.2, -0.15) is 0 Å². The second-order valence-corrected chi connectivity index (χ2v) is 2.86. The molecular weight excluding hydrogens is 229 g/mol. The van der Waals surface area contributed by atoms with Gasteiger partial charge in [0.15, 0.2) is 7.11 Å². The van der Waals surface area contributed by atoms with Crippen LogP contribution in [0.3, 0.4) is 0 Å². The molecule has 0 bridgehead atoms. The van der Waals surface area contributed by atoms with E-state index < -0.39 is 6.04 Å². The van der Waals surface area contributed by atoms with Gasteiger partial charge in [-0.25, -0.2) is 0 Å². The van der Waals surface area contributed by atoms with Crippen molar-refractivity contribution in [1.82, 2.24) is 0 Å². The van der Waals surface area contributed by atoms with E-state index >= 15 is 0 Å². The van der Waals surface area contributed by atoms with E-state index in [1.807, 2.05) is 0 Å². The van der Waals surface area contributed by atoms with Gasteiger partial charge in [-0.3, -0.25) is 0 Å². The number of halogens is 2. The quantitative estimate of drug-likeness (QED) is 0.391. The third-order valence-electron chi connectivity index (χ3n) is 0.580. The Morgan fingerprint density at radius 1 is 1.70 bits per heavy atom. The van der Waals surface area contributed by atoms with Crippen LogP contribution in [0.1, 0.15) is 6.92 Å². The maximum atomic E-state index is 8.44. The van der Waals surface area contributed by atoms with E-state index in [-0.39, 0.29) is 5.97 Å². The van der Waals surface area contributed by atoms with Crippen molar-refractivity contribution in [2.75, 3.05) is 7.11 Å². The molecule has 0 aromatic rings. The minimum absolute atomic E-state index is 0.236. The summed E-state index contributed by atoms with van der Waals surface area (Å²) >= 11 is 0.757. The molecule has 2 N–H and O–H groups in total. The van der Waals surface area contributed by atoms with Crippen molar-refractivity contribution in [3.63, 3.8) is 0 Å². The van der Waals surface area contributed by atoms with Crippen LogP contribution in [-0.4, -0.2) is 23.9 Å². The van der Waals surface area contributed by atoms with Gasteiger partial charge in [0, 0.05) is 6.04 Å². The molecule has 0 aromatic carbocycles. The zero-order chi connectivity index (χ0) is 8.57. The first-order chi connectivity index (χ1) is 4.59. The normalized spacial score (nSPS) is 11.3. The predicted molar refractivity (Wildman–Crippen MR) is 39.4 cm³/mol. The topological polar surface area (TPSA) is 54.4 Å². The standard InChI is InChI=1S/C4H8NO2.2ClH.Cu/c1-3(5)4(6)7-2;;;/h3,5H,1-2H3;2*1H;/q-1;;;+2/p-1. The summed E-state index contributed by atoms with van der Waals surface area (Å²) in [6, 6.07) is -0.634. The SMILES string of the molecule is COC(=[OH+])C(C)[NH-].[Cl][Cu][Cl]. The van der Waals surface area contributed by atoms with Gasteiger partial charge in [-0.15, -0.1) is 0 Å². The van der Waals surface area contributed by atoms with Gasteiger partial charge in [0.1, 0.15) is 0 Å². The summed E-state index contributed by atoms with van der Waals surface area (Å²) in [5, 5.41) is 0. The van der Waals surface area contributed by atoms with Crippen LogP contribution in [-0.2, 0) is 17.9 Å². The number of hydrogen-bond donors (Lipinski definition) is 0. The predicted octanol–water partition coefficient (Wildman–Crippen LogP) is 1.95. The minimum atomic E-state index is -0.634. The van der Waals surface area contributed by atoms with Gasteiger partial charge >= 0.3 is 39.3 Å². The fourth-order valence-electron chi connectivity index (χ4n) is 0.177. The second-order valence-electron chi connectivity index (χ2n) is 1.31. The number of nitrogens with one attached hydrogen (secondary N) is 1. The zero-order valence-electron chi connectivity index (χ0n) is 5.49. The van der Waals surface area contributed by atoms with E-state index in [4.69, 9.17) is 10.5 Å². The Balaban J connectivity index is 0. The molecule has 0 spiro atoms. The van der Waals surface area contributed by atoms with Gasteiger partial charge in [-0.05, 0) is 0 Å². The van der Waals surface area contributed by atoms with Crippen LogP contribution in [0, 0.1) is 0 Å². The third kappa shape index (κ3) is 11.3.